The van der Waals surface area contributed by atoms with Crippen molar-refractivity contribution in [2.24, 2.45) is 0 Å². The van der Waals surface area contributed by atoms with E-state index in [0.717, 1.165) is 19.4 Å². The second-order valence-corrected chi connectivity index (χ2v) is 3.80. The Bertz CT molecular complexity index is 346. The Kier molecular flexibility index (Phi) is 2.83. The van der Waals surface area contributed by atoms with Crippen LogP contribution < -0.4 is 0 Å². The lowest BCUT2D eigenvalue weighted by Crippen LogP contribution is -2.08. The van der Waals surface area contributed by atoms with Crippen molar-refractivity contribution in [1.29, 1.82) is 5.26 Å². The molecule has 0 aromatic carbocycles. The van der Waals surface area contributed by atoms with Gasteiger partial charge >= 0.3 is 0 Å². The van der Waals surface area contributed by atoms with Crippen molar-refractivity contribution >= 4 is 0 Å². The molecule has 0 bridgehead atoms. The number of nitrogens with zero attached hydrogens (tertiary/aromatic N) is 3. The summed E-state index contributed by atoms with van der Waals surface area (Å²) in [6, 6.07) is 2.18. The van der Waals surface area contributed by atoms with Crippen LogP contribution in [0.5, 0.6) is 0 Å². The molecule has 0 saturated carbocycles. The third kappa shape index (κ3) is 1.79. The van der Waals surface area contributed by atoms with Gasteiger partial charge in [-0.1, -0.05) is 0 Å². The molecule has 1 heterocycles. The van der Waals surface area contributed by atoms with Crippen molar-refractivity contribution in [3.8, 4) is 6.07 Å². The number of hydrogen-bond acceptors (Lipinski definition) is 2. The molecule has 1 aliphatic carbocycles. The Morgan fingerprint density at radius 2 is 2.29 bits per heavy atom. The highest BCUT2D eigenvalue weighted by Gasteiger charge is 2.14. The lowest BCUT2D eigenvalue weighted by Gasteiger charge is -2.13. The van der Waals surface area contributed by atoms with Crippen LogP contribution in [0.3, 0.4) is 0 Å². The van der Waals surface area contributed by atoms with E-state index in [0.29, 0.717) is 6.42 Å². The van der Waals surface area contributed by atoms with Gasteiger partial charge in [-0.2, -0.15) is 5.26 Å². The molecule has 14 heavy (non-hydrogen) atoms. The molecule has 0 atom stereocenters. The van der Waals surface area contributed by atoms with Gasteiger partial charge in [-0.3, -0.25) is 0 Å². The molecule has 0 radical (unpaired) electrons. The molecule has 1 aliphatic rings. The smallest absolute Gasteiger partial charge is 0.0951 e. The van der Waals surface area contributed by atoms with Gasteiger partial charge in [0, 0.05) is 18.7 Å². The SMILES string of the molecule is N#CCCCn1cnc2c1CCCC2. The van der Waals surface area contributed by atoms with E-state index in [4.69, 9.17) is 5.26 Å². The predicted molar refractivity (Wildman–Crippen MR) is 53.7 cm³/mol. The molecule has 1 aromatic rings. The summed E-state index contributed by atoms with van der Waals surface area (Å²) in [6.07, 6.45) is 8.40. The van der Waals surface area contributed by atoms with Gasteiger partial charge in [-0.25, -0.2) is 4.98 Å². The normalized spacial score (nSPS) is 14.8. The lowest BCUT2D eigenvalue weighted by molar-refractivity contribution is 0.586. The molecule has 0 amide bonds. The summed E-state index contributed by atoms with van der Waals surface area (Å²) in [7, 11) is 0. The number of imidazole rings is 1. The van der Waals surface area contributed by atoms with Gasteiger partial charge < -0.3 is 4.57 Å². The second kappa shape index (κ2) is 4.28. The molecule has 2 rings (SSSR count). The number of aromatic nitrogens is 2. The van der Waals surface area contributed by atoms with Crippen LogP contribution in [-0.2, 0) is 19.4 Å². The van der Waals surface area contributed by atoms with Crippen molar-refractivity contribution in [1.82, 2.24) is 9.55 Å². The van der Waals surface area contributed by atoms with Gasteiger partial charge in [0.1, 0.15) is 0 Å². The van der Waals surface area contributed by atoms with Gasteiger partial charge in [-0.05, 0) is 32.1 Å². The van der Waals surface area contributed by atoms with Crippen LogP contribution in [0, 0.1) is 11.3 Å². The van der Waals surface area contributed by atoms with Crippen molar-refractivity contribution in [2.45, 2.75) is 45.1 Å². The minimum absolute atomic E-state index is 0.646. The van der Waals surface area contributed by atoms with E-state index < -0.39 is 0 Å². The van der Waals surface area contributed by atoms with Crippen molar-refractivity contribution in [3.63, 3.8) is 0 Å². The molecule has 0 N–H and O–H groups in total. The topological polar surface area (TPSA) is 41.6 Å². The molecule has 0 saturated heterocycles. The highest BCUT2D eigenvalue weighted by atomic mass is 15.1. The Hall–Kier alpha value is -1.30. The molecule has 3 heteroatoms. The van der Waals surface area contributed by atoms with E-state index in [-0.39, 0.29) is 0 Å². The van der Waals surface area contributed by atoms with E-state index in [2.05, 4.69) is 15.6 Å². The van der Waals surface area contributed by atoms with E-state index in [9.17, 15) is 0 Å². The summed E-state index contributed by atoms with van der Waals surface area (Å²) in [6.45, 7) is 0.954. The molecule has 74 valence electrons. The van der Waals surface area contributed by atoms with Crippen molar-refractivity contribution in [2.75, 3.05) is 0 Å². The number of nitriles is 1. The fraction of sp³-hybridized carbons (Fsp3) is 0.636. The molecular formula is C11H15N3. The summed E-state index contributed by atoms with van der Waals surface area (Å²) < 4.78 is 2.23. The lowest BCUT2D eigenvalue weighted by atomic mass is 10.0. The number of rotatable bonds is 3. The first-order valence-electron chi connectivity index (χ1n) is 5.31. The third-order valence-corrected chi connectivity index (χ3v) is 2.80. The summed E-state index contributed by atoms with van der Waals surface area (Å²) in [4.78, 5) is 4.42. The first-order chi connectivity index (χ1) is 6.92. The summed E-state index contributed by atoms with van der Waals surface area (Å²) in [5, 5.41) is 8.46. The van der Waals surface area contributed by atoms with Gasteiger partial charge in [0.15, 0.2) is 0 Å². The molecule has 3 nitrogen and oxygen atoms in total. The zero-order valence-electron chi connectivity index (χ0n) is 8.37. The maximum absolute atomic E-state index is 8.46. The predicted octanol–water partition coefficient (Wildman–Crippen LogP) is 2.07. The molecule has 0 aliphatic heterocycles. The summed E-state index contributed by atoms with van der Waals surface area (Å²) in [5.41, 5.74) is 2.70. The number of hydrogen-bond donors (Lipinski definition) is 0. The minimum atomic E-state index is 0.646. The Morgan fingerprint density at radius 1 is 1.43 bits per heavy atom. The van der Waals surface area contributed by atoms with Crippen LogP contribution in [0.1, 0.15) is 37.1 Å². The first-order valence-corrected chi connectivity index (χ1v) is 5.31. The van der Waals surface area contributed by atoms with Gasteiger partial charge in [0.2, 0.25) is 0 Å². The van der Waals surface area contributed by atoms with Crippen LogP contribution in [-0.4, -0.2) is 9.55 Å². The maximum Gasteiger partial charge on any atom is 0.0951 e. The molecule has 0 unspecified atom stereocenters. The monoisotopic (exact) mass is 189 g/mol. The van der Waals surface area contributed by atoms with E-state index in [1.54, 1.807) is 0 Å². The van der Waals surface area contributed by atoms with Crippen molar-refractivity contribution in [3.05, 3.63) is 17.7 Å². The summed E-state index contributed by atoms with van der Waals surface area (Å²) >= 11 is 0. The van der Waals surface area contributed by atoms with Crippen LogP contribution in [0.4, 0.5) is 0 Å². The van der Waals surface area contributed by atoms with E-state index in [1.165, 1.54) is 30.7 Å². The minimum Gasteiger partial charge on any atom is -0.334 e. The largest absolute Gasteiger partial charge is 0.334 e. The Morgan fingerprint density at radius 3 is 3.14 bits per heavy atom. The first kappa shape index (κ1) is 9.26. The molecule has 0 fully saturated rings. The number of unbranched alkanes of at least 4 members (excludes halogenated alkanes) is 1. The van der Waals surface area contributed by atoms with Gasteiger partial charge in [0.25, 0.3) is 0 Å². The fourth-order valence-corrected chi connectivity index (χ4v) is 2.05. The van der Waals surface area contributed by atoms with Crippen molar-refractivity contribution < 1.29 is 0 Å². The zero-order chi connectivity index (χ0) is 9.80. The van der Waals surface area contributed by atoms with E-state index in [1.807, 2.05) is 6.33 Å². The average Bonchev–Trinajstić information content (AvgIpc) is 2.63. The van der Waals surface area contributed by atoms with Crippen LogP contribution in [0.15, 0.2) is 6.33 Å². The molecule has 1 aromatic heterocycles. The second-order valence-electron chi connectivity index (χ2n) is 3.80. The van der Waals surface area contributed by atoms with Crippen LogP contribution in [0.25, 0.3) is 0 Å². The highest BCUT2D eigenvalue weighted by Crippen LogP contribution is 2.19. The van der Waals surface area contributed by atoms with Crippen LogP contribution >= 0.6 is 0 Å². The molecule has 0 spiro atoms. The van der Waals surface area contributed by atoms with Gasteiger partial charge in [0.05, 0.1) is 18.1 Å². The quantitative estimate of drug-likeness (QED) is 0.683. The number of aryl methyl sites for hydroxylation is 2. The average molecular weight is 189 g/mol. The van der Waals surface area contributed by atoms with E-state index >= 15 is 0 Å². The maximum atomic E-state index is 8.46. The summed E-state index contributed by atoms with van der Waals surface area (Å²) in [5.74, 6) is 0. The standard InChI is InChI=1S/C11H15N3/c12-7-3-4-8-14-9-13-10-5-1-2-6-11(10)14/h9H,1-6,8H2. The van der Waals surface area contributed by atoms with Gasteiger partial charge in [-0.15, -0.1) is 0 Å². The fourth-order valence-electron chi connectivity index (χ4n) is 2.05. The third-order valence-electron chi connectivity index (χ3n) is 2.80. The molecular weight excluding hydrogens is 174 g/mol. The number of fused-ring (bicyclic) bond motifs is 1. The Balaban J connectivity index is 2.04. The van der Waals surface area contributed by atoms with Crippen LogP contribution in [0.2, 0.25) is 0 Å². The Labute approximate surface area is 84.4 Å². The zero-order valence-corrected chi connectivity index (χ0v) is 8.37. The highest BCUT2D eigenvalue weighted by molar-refractivity contribution is 5.16.